The van der Waals surface area contributed by atoms with Gasteiger partial charge in [-0.25, -0.2) is 15.0 Å². The molecule has 0 unspecified atom stereocenters. The van der Waals surface area contributed by atoms with Crippen molar-refractivity contribution in [3.63, 3.8) is 0 Å². The molecule has 3 heterocycles. The lowest BCUT2D eigenvalue weighted by atomic mass is 10.3. The number of thiazole rings is 1. The first kappa shape index (κ1) is 16.9. The SMILES string of the molecule is COc1cccc(-c2csc(NC(=O)c3cncn3-c3ccccc3)n2)n1. The van der Waals surface area contributed by atoms with E-state index < -0.39 is 0 Å². The minimum Gasteiger partial charge on any atom is -0.481 e. The van der Waals surface area contributed by atoms with Crippen molar-refractivity contribution >= 4 is 22.4 Å². The number of carbonyl (C=O) groups excluding carboxylic acids is 1. The number of ether oxygens (including phenoxy) is 1. The Bertz CT molecular complexity index is 1070. The number of nitrogens with zero attached hydrogens (tertiary/aromatic N) is 4. The van der Waals surface area contributed by atoms with Crippen LogP contribution in [0.4, 0.5) is 5.13 Å². The van der Waals surface area contributed by atoms with Crippen molar-refractivity contribution in [3.8, 4) is 23.0 Å². The van der Waals surface area contributed by atoms with Crippen LogP contribution in [0.5, 0.6) is 5.88 Å². The predicted octanol–water partition coefficient (Wildman–Crippen LogP) is 3.65. The van der Waals surface area contributed by atoms with Gasteiger partial charge >= 0.3 is 0 Å². The van der Waals surface area contributed by atoms with Gasteiger partial charge in [-0.1, -0.05) is 24.3 Å². The van der Waals surface area contributed by atoms with Gasteiger partial charge in [-0.3, -0.25) is 14.7 Å². The molecule has 0 aliphatic rings. The highest BCUT2D eigenvalue weighted by atomic mass is 32.1. The Balaban J connectivity index is 1.55. The largest absolute Gasteiger partial charge is 0.481 e. The van der Waals surface area contributed by atoms with Gasteiger partial charge in [-0.15, -0.1) is 11.3 Å². The summed E-state index contributed by atoms with van der Waals surface area (Å²) in [5.41, 5.74) is 2.64. The molecule has 134 valence electrons. The second-order valence-corrected chi connectivity index (χ2v) is 6.40. The van der Waals surface area contributed by atoms with E-state index in [0.717, 1.165) is 5.69 Å². The van der Waals surface area contributed by atoms with Crippen LogP contribution in [0.25, 0.3) is 17.1 Å². The number of hydrogen-bond acceptors (Lipinski definition) is 6. The monoisotopic (exact) mass is 377 g/mol. The summed E-state index contributed by atoms with van der Waals surface area (Å²) in [6.07, 6.45) is 3.14. The number of imidazole rings is 1. The molecule has 0 saturated carbocycles. The highest BCUT2D eigenvalue weighted by Gasteiger charge is 2.15. The molecule has 0 saturated heterocycles. The highest BCUT2D eigenvalue weighted by Crippen LogP contribution is 2.25. The second kappa shape index (κ2) is 7.38. The molecule has 3 aromatic heterocycles. The van der Waals surface area contributed by atoms with Crippen molar-refractivity contribution in [2.24, 2.45) is 0 Å². The maximum Gasteiger partial charge on any atom is 0.276 e. The van der Waals surface area contributed by atoms with Crippen LogP contribution in [0, 0.1) is 0 Å². The Morgan fingerprint density at radius 3 is 2.74 bits per heavy atom. The highest BCUT2D eigenvalue weighted by molar-refractivity contribution is 7.14. The molecule has 0 bridgehead atoms. The van der Waals surface area contributed by atoms with Crippen molar-refractivity contribution in [2.45, 2.75) is 0 Å². The van der Waals surface area contributed by atoms with Gasteiger partial charge in [-0.05, 0) is 18.2 Å². The fourth-order valence-electron chi connectivity index (χ4n) is 2.54. The molecule has 4 rings (SSSR count). The van der Waals surface area contributed by atoms with Crippen LogP contribution in [0.15, 0.2) is 66.4 Å². The van der Waals surface area contributed by atoms with Crippen LogP contribution in [0.1, 0.15) is 10.5 Å². The van der Waals surface area contributed by atoms with Crippen LogP contribution in [0.2, 0.25) is 0 Å². The van der Waals surface area contributed by atoms with Crippen LogP contribution in [-0.4, -0.2) is 32.5 Å². The maximum absolute atomic E-state index is 12.7. The lowest BCUT2D eigenvalue weighted by Crippen LogP contribution is -2.15. The number of rotatable bonds is 5. The minimum absolute atomic E-state index is 0.282. The number of amides is 1. The van der Waals surface area contributed by atoms with Crippen molar-refractivity contribution in [3.05, 3.63) is 72.1 Å². The molecule has 1 aromatic carbocycles. The van der Waals surface area contributed by atoms with Crippen LogP contribution in [-0.2, 0) is 0 Å². The first-order valence-corrected chi connectivity index (χ1v) is 8.98. The zero-order valence-corrected chi connectivity index (χ0v) is 15.2. The van der Waals surface area contributed by atoms with E-state index in [4.69, 9.17) is 4.74 Å². The zero-order valence-electron chi connectivity index (χ0n) is 14.4. The Kier molecular flexibility index (Phi) is 4.63. The average Bonchev–Trinajstić information content (AvgIpc) is 3.38. The molecular weight excluding hydrogens is 362 g/mol. The van der Waals surface area contributed by atoms with Crippen molar-refractivity contribution in [1.82, 2.24) is 19.5 Å². The number of hydrogen-bond donors (Lipinski definition) is 1. The predicted molar refractivity (Wildman–Crippen MR) is 103 cm³/mol. The van der Waals surface area contributed by atoms with E-state index in [1.54, 1.807) is 24.1 Å². The molecule has 0 fully saturated rings. The molecular formula is C19H15N5O2S. The molecule has 0 aliphatic heterocycles. The Morgan fingerprint density at radius 1 is 1.07 bits per heavy atom. The number of anilines is 1. The fraction of sp³-hybridized carbons (Fsp3) is 0.0526. The third-order valence-electron chi connectivity index (χ3n) is 3.83. The van der Waals surface area contributed by atoms with E-state index in [-0.39, 0.29) is 5.91 Å². The first-order valence-electron chi connectivity index (χ1n) is 8.10. The van der Waals surface area contributed by atoms with E-state index in [1.807, 2.05) is 47.8 Å². The molecule has 7 nitrogen and oxygen atoms in total. The van der Waals surface area contributed by atoms with E-state index in [1.165, 1.54) is 17.5 Å². The quantitative estimate of drug-likeness (QED) is 0.574. The summed E-state index contributed by atoms with van der Waals surface area (Å²) < 4.78 is 6.87. The summed E-state index contributed by atoms with van der Waals surface area (Å²) in [7, 11) is 1.56. The normalized spacial score (nSPS) is 10.6. The summed E-state index contributed by atoms with van der Waals surface area (Å²) in [4.78, 5) is 25.6. The minimum atomic E-state index is -0.282. The van der Waals surface area contributed by atoms with Gasteiger partial charge in [0.05, 0.1) is 25.3 Å². The first-order chi connectivity index (χ1) is 13.2. The van der Waals surface area contributed by atoms with Gasteiger partial charge in [0.15, 0.2) is 5.13 Å². The van der Waals surface area contributed by atoms with E-state index >= 15 is 0 Å². The summed E-state index contributed by atoms with van der Waals surface area (Å²) in [6, 6.07) is 15.0. The molecule has 4 aromatic rings. The number of para-hydroxylation sites is 1. The number of nitrogens with one attached hydrogen (secondary N) is 1. The molecule has 0 atom stereocenters. The van der Waals surface area contributed by atoms with Gasteiger partial charge in [-0.2, -0.15) is 0 Å². The summed E-state index contributed by atoms with van der Waals surface area (Å²) in [5.74, 6) is 0.230. The molecule has 1 N–H and O–H groups in total. The lowest BCUT2D eigenvalue weighted by Gasteiger charge is -2.07. The van der Waals surface area contributed by atoms with Crippen molar-refractivity contribution < 1.29 is 9.53 Å². The van der Waals surface area contributed by atoms with Gasteiger partial charge in [0.2, 0.25) is 5.88 Å². The summed E-state index contributed by atoms with van der Waals surface area (Å²) >= 11 is 1.33. The summed E-state index contributed by atoms with van der Waals surface area (Å²) in [5, 5.41) is 5.15. The van der Waals surface area contributed by atoms with E-state index in [0.29, 0.717) is 28.1 Å². The standard InChI is InChI=1S/C19H15N5O2S/c1-26-17-9-5-8-14(21-17)15-11-27-19(22-15)23-18(25)16-10-20-12-24(16)13-6-3-2-4-7-13/h2-12H,1H3,(H,22,23,25). The Labute approximate surface area is 159 Å². The van der Waals surface area contributed by atoms with Gasteiger partial charge in [0.1, 0.15) is 11.4 Å². The number of carbonyl (C=O) groups is 1. The van der Waals surface area contributed by atoms with Gasteiger partial charge < -0.3 is 4.74 Å². The lowest BCUT2D eigenvalue weighted by molar-refractivity contribution is 0.102. The zero-order chi connectivity index (χ0) is 18.6. The van der Waals surface area contributed by atoms with Crippen LogP contribution >= 0.6 is 11.3 Å². The van der Waals surface area contributed by atoms with Crippen LogP contribution in [0.3, 0.4) is 0 Å². The van der Waals surface area contributed by atoms with E-state index in [9.17, 15) is 4.79 Å². The number of methoxy groups -OCH3 is 1. The Morgan fingerprint density at radius 2 is 1.93 bits per heavy atom. The molecule has 1 amide bonds. The van der Waals surface area contributed by atoms with Gasteiger partial charge in [0.25, 0.3) is 5.91 Å². The smallest absolute Gasteiger partial charge is 0.276 e. The van der Waals surface area contributed by atoms with Gasteiger partial charge in [0, 0.05) is 17.1 Å². The van der Waals surface area contributed by atoms with Crippen molar-refractivity contribution in [1.29, 1.82) is 0 Å². The maximum atomic E-state index is 12.7. The Hall–Kier alpha value is -3.52. The average molecular weight is 377 g/mol. The summed E-state index contributed by atoms with van der Waals surface area (Å²) in [6.45, 7) is 0. The number of benzene rings is 1. The third-order valence-corrected chi connectivity index (χ3v) is 4.58. The third kappa shape index (κ3) is 3.56. The second-order valence-electron chi connectivity index (χ2n) is 5.54. The molecule has 27 heavy (non-hydrogen) atoms. The number of aromatic nitrogens is 4. The molecule has 0 aliphatic carbocycles. The molecule has 0 radical (unpaired) electrons. The van der Waals surface area contributed by atoms with E-state index in [2.05, 4.69) is 20.3 Å². The number of pyridine rings is 1. The fourth-order valence-corrected chi connectivity index (χ4v) is 3.24. The molecule has 8 heteroatoms. The van der Waals surface area contributed by atoms with Crippen LogP contribution < -0.4 is 10.1 Å². The van der Waals surface area contributed by atoms with Crippen molar-refractivity contribution in [2.75, 3.05) is 12.4 Å². The topological polar surface area (TPSA) is 81.9 Å². The molecule has 0 spiro atoms.